The van der Waals surface area contributed by atoms with Crippen LogP contribution in [0.3, 0.4) is 0 Å². The smallest absolute Gasteiger partial charge is 0.184 e. The summed E-state index contributed by atoms with van der Waals surface area (Å²) in [4.78, 5) is 11.8. The van der Waals surface area contributed by atoms with E-state index in [1.807, 2.05) is 11.4 Å². The Morgan fingerprint density at radius 2 is 1.57 bits per heavy atom. The van der Waals surface area contributed by atoms with E-state index in [1.165, 1.54) is 31.2 Å². The second kappa shape index (κ2) is 5.48. The van der Waals surface area contributed by atoms with E-state index >= 15 is 0 Å². The molecule has 4 rings (SSSR count). The summed E-state index contributed by atoms with van der Waals surface area (Å²) in [7, 11) is 0. The van der Waals surface area contributed by atoms with Gasteiger partial charge in [0.15, 0.2) is 11.3 Å². The molecule has 0 radical (unpaired) electrons. The molecule has 0 saturated carbocycles. The first-order valence-electron chi connectivity index (χ1n) is 8.53. The van der Waals surface area contributed by atoms with E-state index in [2.05, 4.69) is 35.9 Å². The molecule has 0 aromatic carbocycles. The highest BCUT2D eigenvalue weighted by Crippen LogP contribution is 2.27. The fourth-order valence-corrected chi connectivity index (χ4v) is 3.65. The maximum absolute atomic E-state index is 4.79. The predicted octanol–water partition coefficient (Wildman–Crippen LogP) is 3.58. The minimum absolute atomic E-state index is 0.802. The SMILES string of the molecule is Cc1cc(C)c2c(n1)nn1c(N3CCCCCC3)cc(C)nc21. The summed E-state index contributed by atoms with van der Waals surface area (Å²) in [6.45, 7) is 8.40. The van der Waals surface area contributed by atoms with Crippen LogP contribution in [0.15, 0.2) is 12.1 Å². The summed E-state index contributed by atoms with van der Waals surface area (Å²) in [6, 6.07) is 4.27. The lowest BCUT2D eigenvalue weighted by Crippen LogP contribution is -2.26. The average molecular weight is 309 g/mol. The van der Waals surface area contributed by atoms with Crippen LogP contribution in [0.2, 0.25) is 0 Å². The topological polar surface area (TPSA) is 46.3 Å². The van der Waals surface area contributed by atoms with Crippen molar-refractivity contribution in [2.45, 2.75) is 46.5 Å². The molecule has 0 spiro atoms. The van der Waals surface area contributed by atoms with Gasteiger partial charge in [-0.2, -0.15) is 4.52 Å². The highest BCUT2D eigenvalue weighted by molar-refractivity contribution is 5.93. The maximum Gasteiger partial charge on any atom is 0.184 e. The van der Waals surface area contributed by atoms with Crippen LogP contribution in [0.5, 0.6) is 0 Å². The van der Waals surface area contributed by atoms with Gasteiger partial charge in [-0.3, -0.25) is 0 Å². The second-order valence-electron chi connectivity index (χ2n) is 6.67. The Labute approximate surface area is 136 Å². The molecule has 23 heavy (non-hydrogen) atoms. The van der Waals surface area contributed by atoms with Gasteiger partial charge in [-0.25, -0.2) is 9.97 Å². The van der Waals surface area contributed by atoms with E-state index in [1.54, 1.807) is 0 Å². The quantitative estimate of drug-likeness (QED) is 0.689. The molecule has 1 aliphatic rings. The van der Waals surface area contributed by atoms with Crippen molar-refractivity contribution < 1.29 is 0 Å². The number of aryl methyl sites for hydroxylation is 3. The lowest BCUT2D eigenvalue weighted by Gasteiger charge is -2.23. The van der Waals surface area contributed by atoms with Gasteiger partial charge in [0.25, 0.3) is 0 Å². The second-order valence-corrected chi connectivity index (χ2v) is 6.67. The number of pyridine rings is 1. The number of hydrogen-bond donors (Lipinski definition) is 0. The summed E-state index contributed by atoms with van der Waals surface area (Å²) < 4.78 is 2.00. The summed E-state index contributed by atoms with van der Waals surface area (Å²) >= 11 is 0. The first-order valence-corrected chi connectivity index (χ1v) is 8.53. The van der Waals surface area contributed by atoms with Crippen molar-refractivity contribution in [2.75, 3.05) is 18.0 Å². The van der Waals surface area contributed by atoms with Crippen molar-refractivity contribution in [3.8, 4) is 0 Å². The summed E-state index contributed by atoms with van der Waals surface area (Å²) in [5, 5.41) is 5.86. The summed E-state index contributed by atoms with van der Waals surface area (Å²) in [5.74, 6) is 1.16. The Bertz CT molecular complexity index is 872. The number of fused-ring (bicyclic) bond motifs is 3. The molecule has 0 unspecified atom stereocenters. The molecular formula is C18H23N5. The average Bonchev–Trinajstić information content (AvgIpc) is 2.69. The van der Waals surface area contributed by atoms with Crippen LogP contribution in [0.4, 0.5) is 5.82 Å². The van der Waals surface area contributed by atoms with Gasteiger partial charge in [0.1, 0.15) is 5.82 Å². The van der Waals surface area contributed by atoms with Crippen molar-refractivity contribution in [2.24, 2.45) is 0 Å². The molecule has 0 bridgehead atoms. The van der Waals surface area contributed by atoms with Gasteiger partial charge in [-0.1, -0.05) is 12.8 Å². The molecule has 5 nitrogen and oxygen atoms in total. The van der Waals surface area contributed by atoms with Crippen molar-refractivity contribution >= 4 is 22.5 Å². The Hall–Kier alpha value is -2.17. The van der Waals surface area contributed by atoms with Crippen molar-refractivity contribution in [1.82, 2.24) is 19.6 Å². The van der Waals surface area contributed by atoms with E-state index in [4.69, 9.17) is 10.1 Å². The van der Waals surface area contributed by atoms with E-state index in [0.29, 0.717) is 0 Å². The molecule has 3 aromatic rings. The van der Waals surface area contributed by atoms with Gasteiger partial charge in [0.05, 0.1) is 5.39 Å². The molecule has 1 saturated heterocycles. The van der Waals surface area contributed by atoms with Crippen molar-refractivity contribution in [1.29, 1.82) is 0 Å². The first-order chi connectivity index (χ1) is 11.1. The number of rotatable bonds is 1. The monoisotopic (exact) mass is 309 g/mol. The summed E-state index contributed by atoms with van der Waals surface area (Å²) in [6.07, 6.45) is 5.15. The van der Waals surface area contributed by atoms with Crippen LogP contribution >= 0.6 is 0 Å². The molecule has 120 valence electrons. The minimum Gasteiger partial charge on any atom is -0.356 e. The van der Waals surface area contributed by atoms with Gasteiger partial charge < -0.3 is 4.90 Å². The first kappa shape index (κ1) is 14.4. The van der Waals surface area contributed by atoms with E-state index in [-0.39, 0.29) is 0 Å². The lowest BCUT2D eigenvalue weighted by molar-refractivity contribution is 0.726. The molecule has 5 heteroatoms. The molecule has 0 amide bonds. The van der Waals surface area contributed by atoms with Crippen molar-refractivity contribution in [3.05, 3.63) is 29.1 Å². The highest BCUT2D eigenvalue weighted by atomic mass is 15.4. The predicted molar refractivity (Wildman–Crippen MR) is 93.2 cm³/mol. The zero-order valence-corrected chi connectivity index (χ0v) is 14.1. The zero-order valence-electron chi connectivity index (χ0n) is 14.1. The Kier molecular flexibility index (Phi) is 3.43. The van der Waals surface area contributed by atoms with Gasteiger partial charge in [0.2, 0.25) is 0 Å². The molecule has 0 aliphatic carbocycles. The molecule has 0 atom stereocenters. The Morgan fingerprint density at radius 1 is 0.870 bits per heavy atom. The van der Waals surface area contributed by atoms with Crippen molar-refractivity contribution in [3.63, 3.8) is 0 Å². The van der Waals surface area contributed by atoms with Crippen LogP contribution < -0.4 is 4.90 Å². The van der Waals surface area contributed by atoms with Crippen LogP contribution in [-0.4, -0.2) is 32.7 Å². The molecular weight excluding hydrogens is 286 g/mol. The van der Waals surface area contributed by atoms with E-state index in [0.717, 1.165) is 47.0 Å². The molecule has 1 aliphatic heterocycles. The van der Waals surface area contributed by atoms with Crippen LogP contribution in [-0.2, 0) is 0 Å². The van der Waals surface area contributed by atoms with Gasteiger partial charge in [-0.05, 0) is 45.2 Å². The molecule has 3 aromatic heterocycles. The zero-order chi connectivity index (χ0) is 16.0. The Morgan fingerprint density at radius 3 is 2.30 bits per heavy atom. The third kappa shape index (κ3) is 2.44. The highest BCUT2D eigenvalue weighted by Gasteiger charge is 2.18. The number of aromatic nitrogens is 4. The fourth-order valence-electron chi connectivity index (χ4n) is 3.65. The fraction of sp³-hybridized carbons (Fsp3) is 0.500. The molecule has 0 N–H and O–H groups in total. The van der Waals surface area contributed by atoms with E-state index < -0.39 is 0 Å². The van der Waals surface area contributed by atoms with Crippen LogP contribution in [0.1, 0.15) is 42.6 Å². The van der Waals surface area contributed by atoms with Crippen LogP contribution in [0.25, 0.3) is 16.7 Å². The molecule has 4 heterocycles. The number of hydrogen-bond acceptors (Lipinski definition) is 4. The number of anilines is 1. The third-order valence-corrected chi connectivity index (χ3v) is 4.71. The normalized spacial score (nSPS) is 16.2. The largest absolute Gasteiger partial charge is 0.356 e. The molecule has 1 fully saturated rings. The van der Waals surface area contributed by atoms with E-state index in [9.17, 15) is 0 Å². The number of nitrogens with zero attached hydrogens (tertiary/aromatic N) is 5. The van der Waals surface area contributed by atoms with Gasteiger partial charge in [-0.15, -0.1) is 5.10 Å². The standard InChI is InChI=1S/C18H23N5/c1-12-10-13(2)19-17-16(12)18-20-14(3)11-15(23(18)21-17)22-8-6-4-5-7-9-22/h10-11H,4-9H2,1-3H3. The van der Waals surface area contributed by atoms with Gasteiger partial charge >= 0.3 is 0 Å². The Balaban J connectivity index is 1.99. The van der Waals surface area contributed by atoms with Crippen LogP contribution in [0, 0.1) is 20.8 Å². The minimum atomic E-state index is 0.802. The van der Waals surface area contributed by atoms with Gasteiger partial charge in [0, 0.05) is 30.5 Å². The third-order valence-electron chi connectivity index (χ3n) is 4.71. The summed E-state index contributed by atoms with van der Waals surface area (Å²) in [5.41, 5.74) is 4.98. The lowest BCUT2D eigenvalue weighted by atomic mass is 10.2. The maximum atomic E-state index is 4.79.